The van der Waals surface area contributed by atoms with Gasteiger partial charge in [0.1, 0.15) is 0 Å². The molecule has 0 bridgehead atoms. The van der Waals surface area contributed by atoms with Crippen LogP contribution >= 0.6 is 11.8 Å². The molecule has 18 heavy (non-hydrogen) atoms. The molecule has 1 aromatic carbocycles. The summed E-state index contributed by atoms with van der Waals surface area (Å²) in [6.45, 7) is 11.2. The van der Waals surface area contributed by atoms with Crippen LogP contribution in [0.1, 0.15) is 32.8 Å². The van der Waals surface area contributed by atoms with Gasteiger partial charge in [0.2, 0.25) is 0 Å². The minimum Gasteiger partial charge on any atom is -0.153 e. The normalized spacial score (nSPS) is 31.5. The van der Waals surface area contributed by atoms with Crippen LogP contribution in [0.2, 0.25) is 0 Å². The van der Waals surface area contributed by atoms with Crippen molar-refractivity contribution in [3.8, 4) is 0 Å². The van der Waals surface area contributed by atoms with Crippen LogP contribution in [0.3, 0.4) is 0 Å². The first kappa shape index (κ1) is 13.7. The molecule has 0 N–H and O–H groups in total. The van der Waals surface area contributed by atoms with Crippen molar-refractivity contribution in [2.24, 2.45) is 17.8 Å². The Morgan fingerprint density at radius 1 is 1.28 bits per heavy atom. The second-order valence-corrected chi connectivity index (χ2v) is 6.95. The Bertz CT molecular complexity index is 395. The number of hydrogen-bond acceptors (Lipinski definition) is 1. The summed E-state index contributed by atoms with van der Waals surface area (Å²) in [5.41, 5.74) is 2.81. The first-order valence-electron chi connectivity index (χ1n) is 6.90. The van der Waals surface area contributed by atoms with Gasteiger partial charge in [-0.25, -0.2) is 0 Å². The Hall–Kier alpha value is -0.690. The number of hydrogen-bond donors (Lipinski definition) is 0. The zero-order chi connectivity index (χ0) is 13.1. The van der Waals surface area contributed by atoms with E-state index in [1.165, 1.54) is 17.6 Å². The van der Waals surface area contributed by atoms with Gasteiger partial charge in [-0.15, -0.1) is 0 Å². The van der Waals surface area contributed by atoms with Crippen LogP contribution in [0.4, 0.5) is 0 Å². The van der Waals surface area contributed by atoms with Crippen LogP contribution in [-0.2, 0) is 5.75 Å². The van der Waals surface area contributed by atoms with Crippen molar-refractivity contribution in [2.75, 3.05) is 0 Å². The molecule has 0 heterocycles. The summed E-state index contributed by atoms with van der Waals surface area (Å²) in [7, 11) is 0. The summed E-state index contributed by atoms with van der Waals surface area (Å²) < 4.78 is 0. The van der Waals surface area contributed by atoms with Crippen molar-refractivity contribution < 1.29 is 0 Å². The predicted octanol–water partition coefficient (Wildman–Crippen LogP) is 5.16. The lowest BCUT2D eigenvalue weighted by Crippen LogP contribution is -2.18. The highest BCUT2D eigenvalue weighted by Gasteiger charge is 2.38. The van der Waals surface area contributed by atoms with Crippen LogP contribution in [0.5, 0.6) is 0 Å². The maximum Gasteiger partial charge on any atom is 0.0187 e. The molecule has 98 valence electrons. The maximum atomic E-state index is 4.20. The van der Waals surface area contributed by atoms with E-state index in [9.17, 15) is 0 Å². The van der Waals surface area contributed by atoms with Crippen LogP contribution in [-0.4, -0.2) is 5.25 Å². The van der Waals surface area contributed by atoms with Crippen molar-refractivity contribution in [1.82, 2.24) is 0 Å². The highest BCUT2D eigenvalue weighted by atomic mass is 32.2. The van der Waals surface area contributed by atoms with E-state index >= 15 is 0 Å². The average molecular weight is 260 g/mol. The minimum absolute atomic E-state index is 0.712. The number of rotatable bonds is 4. The van der Waals surface area contributed by atoms with Crippen molar-refractivity contribution in [3.05, 3.63) is 48.0 Å². The fourth-order valence-corrected chi connectivity index (χ4v) is 4.68. The zero-order valence-electron chi connectivity index (χ0n) is 11.7. The first-order chi connectivity index (χ1) is 8.59. The monoisotopic (exact) mass is 260 g/mol. The molecule has 0 saturated heterocycles. The fourth-order valence-electron chi connectivity index (χ4n) is 2.96. The van der Waals surface area contributed by atoms with Crippen molar-refractivity contribution in [2.45, 2.75) is 38.2 Å². The van der Waals surface area contributed by atoms with E-state index in [1.807, 2.05) is 0 Å². The molecule has 1 fully saturated rings. The molecule has 0 radical (unpaired) electrons. The molecule has 0 nitrogen and oxygen atoms in total. The van der Waals surface area contributed by atoms with Crippen LogP contribution < -0.4 is 0 Å². The van der Waals surface area contributed by atoms with E-state index in [0.717, 1.165) is 22.8 Å². The molecule has 4 atom stereocenters. The van der Waals surface area contributed by atoms with Crippen molar-refractivity contribution in [3.63, 3.8) is 0 Å². The molecular formula is C17H24S. The lowest BCUT2D eigenvalue weighted by atomic mass is 9.99. The molecule has 1 aromatic rings. The number of thioether (sulfide) groups is 1. The molecule has 1 heteroatoms. The van der Waals surface area contributed by atoms with E-state index in [1.54, 1.807) is 0 Å². The van der Waals surface area contributed by atoms with E-state index in [2.05, 4.69) is 69.4 Å². The lowest BCUT2D eigenvalue weighted by Gasteiger charge is -2.23. The van der Waals surface area contributed by atoms with Gasteiger partial charge in [0.15, 0.2) is 0 Å². The Kier molecular flexibility index (Phi) is 4.55. The van der Waals surface area contributed by atoms with Gasteiger partial charge in [-0.2, -0.15) is 11.8 Å². The molecule has 2 unspecified atom stereocenters. The molecule has 1 aliphatic carbocycles. The van der Waals surface area contributed by atoms with Crippen molar-refractivity contribution in [1.29, 1.82) is 0 Å². The van der Waals surface area contributed by atoms with E-state index in [4.69, 9.17) is 0 Å². The Labute approximate surface area is 116 Å². The maximum absolute atomic E-state index is 4.20. The topological polar surface area (TPSA) is 0 Å². The molecule has 1 aliphatic rings. The highest BCUT2D eigenvalue weighted by molar-refractivity contribution is 7.99. The molecule has 0 amide bonds. The minimum atomic E-state index is 0.712. The Balaban J connectivity index is 2.00. The van der Waals surface area contributed by atoms with Gasteiger partial charge in [-0.05, 0) is 36.7 Å². The van der Waals surface area contributed by atoms with Crippen LogP contribution in [0, 0.1) is 17.8 Å². The molecule has 0 spiro atoms. The zero-order valence-corrected chi connectivity index (χ0v) is 12.5. The first-order valence-corrected chi connectivity index (χ1v) is 7.95. The third-order valence-electron chi connectivity index (χ3n) is 4.36. The summed E-state index contributed by atoms with van der Waals surface area (Å²) in [6, 6.07) is 10.8. The van der Waals surface area contributed by atoms with Gasteiger partial charge in [-0.3, -0.25) is 0 Å². The number of benzene rings is 1. The summed E-state index contributed by atoms with van der Waals surface area (Å²) in [5.74, 6) is 3.48. The summed E-state index contributed by atoms with van der Waals surface area (Å²) in [6.07, 6.45) is 1.32. The van der Waals surface area contributed by atoms with Gasteiger partial charge in [0.05, 0.1) is 0 Å². The molecule has 0 aromatic heterocycles. The summed E-state index contributed by atoms with van der Waals surface area (Å²) in [5, 5.41) is 0.748. The predicted molar refractivity (Wildman–Crippen MR) is 82.8 cm³/mol. The Morgan fingerprint density at radius 3 is 2.56 bits per heavy atom. The van der Waals surface area contributed by atoms with Crippen LogP contribution in [0.15, 0.2) is 42.5 Å². The van der Waals surface area contributed by atoms with Gasteiger partial charge in [0.25, 0.3) is 0 Å². The van der Waals surface area contributed by atoms with E-state index in [0.29, 0.717) is 5.92 Å². The molecule has 2 rings (SSSR count). The van der Waals surface area contributed by atoms with Gasteiger partial charge in [-0.1, -0.05) is 56.3 Å². The highest BCUT2D eigenvalue weighted by Crippen LogP contribution is 2.46. The lowest BCUT2D eigenvalue weighted by molar-refractivity contribution is 0.462. The van der Waals surface area contributed by atoms with Gasteiger partial charge in [0, 0.05) is 11.0 Å². The summed E-state index contributed by atoms with van der Waals surface area (Å²) >= 11 is 2.12. The van der Waals surface area contributed by atoms with Crippen LogP contribution in [0.25, 0.3) is 0 Å². The smallest absolute Gasteiger partial charge is 0.0187 e. The fraction of sp³-hybridized carbons (Fsp3) is 0.529. The van der Waals surface area contributed by atoms with Crippen molar-refractivity contribution >= 4 is 11.8 Å². The van der Waals surface area contributed by atoms with E-state index in [-0.39, 0.29) is 0 Å². The van der Waals surface area contributed by atoms with Gasteiger partial charge < -0.3 is 0 Å². The molecule has 0 aliphatic heterocycles. The third kappa shape index (κ3) is 3.00. The third-order valence-corrected chi connectivity index (χ3v) is 6.00. The van der Waals surface area contributed by atoms with Gasteiger partial charge >= 0.3 is 0 Å². The second-order valence-electron chi connectivity index (χ2n) is 5.79. The second kappa shape index (κ2) is 5.97. The average Bonchev–Trinajstić information content (AvgIpc) is 2.65. The van der Waals surface area contributed by atoms with E-state index < -0.39 is 0 Å². The standard InChI is InChI=1S/C17H24S/c1-12(2)16-10-13(3)14(4)17(16)18-11-15-8-6-5-7-9-15/h5-9,13-14,16-17H,1,10-11H2,2-4H3/t13-,14?,16-,17?/m0/s1. The number of allylic oxidation sites excluding steroid dienone is 1. The molecule has 1 saturated carbocycles. The quantitative estimate of drug-likeness (QED) is 0.674. The summed E-state index contributed by atoms with van der Waals surface area (Å²) in [4.78, 5) is 0. The SMILES string of the molecule is C=C(C)[C@@H]1C[C@H](C)C(C)C1SCc1ccccc1. The Morgan fingerprint density at radius 2 is 1.94 bits per heavy atom. The largest absolute Gasteiger partial charge is 0.153 e. The molecular weight excluding hydrogens is 236 g/mol.